The van der Waals surface area contributed by atoms with Crippen molar-refractivity contribution in [2.45, 2.75) is 26.3 Å². The number of methoxy groups -OCH3 is 2. The van der Waals surface area contributed by atoms with Crippen LogP contribution < -0.4 is 14.5 Å². The number of thiazole rings is 1. The monoisotopic (exact) mass is 503 g/mol. The van der Waals surface area contributed by atoms with Crippen LogP contribution in [0.25, 0.3) is 11.3 Å². The average molecular weight is 504 g/mol. The lowest BCUT2D eigenvalue weighted by molar-refractivity contribution is 0.354. The van der Waals surface area contributed by atoms with E-state index in [1.807, 2.05) is 41.4 Å². The molecule has 178 valence electrons. The van der Waals surface area contributed by atoms with E-state index in [1.165, 1.54) is 11.1 Å². The van der Waals surface area contributed by atoms with Crippen molar-refractivity contribution in [3.05, 3.63) is 93.3 Å². The first-order chi connectivity index (χ1) is 17.0. The van der Waals surface area contributed by atoms with Crippen molar-refractivity contribution in [3.8, 4) is 22.8 Å². The van der Waals surface area contributed by atoms with E-state index in [2.05, 4.69) is 43.5 Å². The quantitative estimate of drug-likeness (QED) is 0.274. The Bertz CT molecular complexity index is 1400. The van der Waals surface area contributed by atoms with Gasteiger partial charge in [0.1, 0.15) is 0 Å². The highest BCUT2D eigenvalue weighted by Gasteiger charge is 2.32. The minimum absolute atomic E-state index is 0.0295. The number of rotatable bonds is 6. The van der Waals surface area contributed by atoms with E-state index >= 15 is 0 Å². The third-order valence-electron chi connectivity index (χ3n) is 6.24. The van der Waals surface area contributed by atoms with E-state index in [0.717, 1.165) is 39.6 Å². The third-order valence-corrected chi connectivity index (χ3v) is 7.32. The molecule has 0 aliphatic carbocycles. The van der Waals surface area contributed by atoms with E-state index in [0.29, 0.717) is 16.5 Å². The molecular formula is C28H26ClN3O2S. The van der Waals surface area contributed by atoms with Gasteiger partial charge in [0.15, 0.2) is 11.5 Å². The maximum Gasteiger partial charge on any atom is 0.207 e. The van der Waals surface area contributed by atoms with Crippen LogP contribution in [0.3, 0.4) is 0 Å². The summed E-state index contributed by atoms with van der Waals surface area (Å²) in [7, 11) is 3.30. The lowest BCUT2D eigenvalue weighted by Crippen LogP contribution is -2.18. The fourth-order valence-electron chi connectivity index (χ4n) is 4.33. The molecule has 1 aliphatic heterocycles. The molecular weight excluding hydrogens is 478 g/mol. The number of hydrogen-bond acceptors (Lipinski definition) is 6. The van der Waals surface area contributed by atoms with Gasteiger partial charge in [-0.2, -0.15) is 5.10 Å². The molecule has 1 aromatic heterocycles. The molecule has 3 aromatic carbocycles. The summed E-state index contributed by atoms with van der Waals surface area (Å²) in [6, 6.07) is 20.3. The van der Waals surface area contributed by atoms with Gasteiger partial charge in [0, 0.05) is 22.4 Å². The van der Waals surface area contributed by atoms with E-state index in [-0.39, 0.29) is 6.04 Å². The summed E-state index contributed by atoms with van der Waals surface area (Å²) >= 11 is 7.73. The van der Waals surface area contributed by atoms with Crippen LogP contribution in [0.1, 0.15) is 34.7 Å². The van der Waals surface area contributed by atoms with Crippen molar-refractivity contribution < 1.29 is 9.47 Å². The molecule has 0 fully saturated rings. The number of hydrazone groups is 1. The van der Waals surface area contributed by atoms with Crippen molar-refractivity contribution >= 4 is 33.8 Å². The number of anilines is 1. The number of aromatic nitrogens is 1. The van der Waals surface area contributed by atoms with Crippen LogP contribution in [-0.2, 0) is 0 Å². The van der Waals surface area contributed by atoms with Crippen molar-refractivity contribution in [2.24, 2.45) is 5.10 Å². The Morgan fingerprint density at radius 1 is 0.943 bits per heavy atom. The molecule has 0 unspecified atom stereocenters. The second-order valence-electron chi connectivity index (χ2n) is 8.57. The van der Waals surface area contributed by atoms with E-state index in [9.17, 15) is 0 Å². The van der Waals surface area contributed by atoms with Gasteiger partial charge < -0.3 is 9.47 Å². The van der Waals surface area contributed by atoms with Crippen LogP contribution in [0.2, 0.25) is 5.02 Å². The molecule has 7 heteroatoms. The third kappa shape index (κ3) is 4.64. The van der Waals surface area contributed by atoms with Gasteiger partial charge >= 0.3 is 0 Å². The second-order valence-corrected chi connectivity index (χ2v) is 9.84. The first-order valence-electron chi connectivity index (χ1n) is 11.3. The largest absolute Gasteiger partial charge is 0.493 e. The highest BCUT2D eigenvalue weighted by Crippen LogP contribution is 2.42. The van der Waals surface area contributed by atoms with Gasteiger partial charge in [0.2, 0.25) is 5.13 Å². The number of halogens is 1. The predicted octanol–water partition coefficient (Wildman–Crippen LogP) is 7.45. The van der Waals surface area contributed by atoms with Crippen molar-refractivity contribution in [2.75, 3.05) is 19.2 Å². The maximum absolute atomic E-state index is 6.13. The standard InChI is InChI=1S/C28H26ClN3O2S/c1-17-5-6-18(2)22(13-17)24-16-35-28(30-24)32-25(20-9-12-26(33-3)27(14-20)34-4)15-23(31-32)19-7-10-21(29)11-8-19/h5-14,16,25H,15H2,1-4H3/t25-/m1/s1. The van der Waals surface area contributed by atoms with Crippen molar-refractivity contribution in [1.82, 2.24) is 4.98 Å². The Balaban J connectivity index is 1.56. The van der Waals surface area contributed by atoms with Crippen LogP contribution in [0.15, 0.2) is 71.1 Å². The molecule has 1 aliphatic rings. The molecule has 35 heavy (non-hydrogen) atoms. The van der Waals surface area contributed by atoms with Gasteiger partial charge in [0.25, 0.3) is 0 Å². The Morgan fingerprint density at radius 3 is 2.46 bits per heavy atom. The first-order valence-corrected chi connectivity index (χ1v) is 12.6. The lowest BCUT2D eigenvalue weighted by Gasteiger charge is -2.22. The fourth-order valence-corrected chi connectivity index (χ4v) is 5.28. The van der Waals surface area contributed by atoms with Crippen LogP contribution in [0.4, 0.5) is 5.13 Å². The van der Waals surface area contributed by atoms with Gasteiger partial charge in [-0.25, -0.2) is 9.99 Å². The molecule has 0 amide bonds. The predicted molar refractivity (Wildman–Crippen MR) is 144 cm³/mol. The van der Waals surface area contributed by atoms with Crippen LogP contribution in [0.5, 0.6) is 11.5 Å². The van der Waals surface area contributed by atoms with E-state index < -0.39 is 0 Å². The Kier molecular flexibility index (Phi) is 6.50. The fraction of sp³-hybridized carbons (Fsp3) is 0.214. The van der Waals surface area contributed by atoms with Crippen LogP contribution in [-0.4, -0.2) is 24.9 Å². The molecule has 5 nitrogen and oxygen atoms in total. The highest BCUT2D eigenvalue weighted by molar-refractivity contribution is 7.14. The number of ether oxygens (including phenoxy) is 2. The van der Waals surface area contributed by atoms with Crippen LogP contribution in [0, 0.1) is 13.8 Å². The smallest absolute Gasteiger partial charge is 0.207 e. The summed E-state index contributed by atoms with van der Waals surface area (Å²) in [4.78, 5) is 5.02. The summed E-state index contributed by atoms with van der Waals surface area (Å²) in [5.74, 6) is 1.39. The van der Waals surface area contributed by atoms with Crippen molar-refractivity contribution in [1.29, 1.82) is 0 Å². The normalized spacial score (nSPS) is 15.3. The van der Waals surface area contributed by atoms with Gasteiger partial charge in [-0.15, -0.1) is 11.3 Å². The minimum atomic E-state index is -0.0295. The average Bonchev–Trinajstić information content (AvgIpc) is 3.53. The minimum Gasteiger partial charge on any atom is -0.493 e. The van der Waals surface area contributed by atoms with Gasteiger partial charge in [-0.1, -0.05) is 47.5 Å². The summed E-state index contributed by atoms with van der Waals surface area (Å²) in [5.41, 5.74) is 7.66. The summed E-state index contributed by atoms with van der Waals surface area (Å²) in [6.45, 7) is 4.22. The molecule has 2 heterocycles. The Hall–Kier alpha value is -3.35. The van der Waals surface area contributed by atoms with Gasteiger partial charge in [0.05, 0.1) is 31.7 Å². The molecule has 5 rings (SSSR count). The first kappa shape index (κ1) is 23.4. The summed E-state index contributed by atoms with van der Waals surface area (Å²) in [6.07, 6.45) is 0.732. The van der Waals surface area contributed by atoms with Gasteiger partial charge in [-0.3, -0.25) is 0 Å². The summed E-state index contributed by atoms with van der Waals surface area (Å²) in [5, 5.41) is 10.7. The molecule has 0 N–H and O–H groups in total. The lowest BCUT2D eigenvalue weighted by atomic mass is 9.98. The molecule has 1 atom stereocenters. The van der Waals surface area contributed by atoms with E-state index in [4.69, 9.17) is 31.2 Å². The van der Waals surface area contributed by atoms with Gasteiger partial charge in [-0.05, 0) is 60.9 Å². The zero-order valence-electron chi connectivity index (χ0n) is 20.1. The summed E-state index contributed by atoms with van der Waals surface area (Å²) < 4.78 is 11.0. The SMILES string of the molecule is COc1ccc([C@H]2CC(c3ccc(Cl)cc3)=NN2c2nc(-c3cc(C)ccc3C)cs2)cc1OC. The molecule has 4 aromatic rings. The number of nitrogens with zero attached hydrogens (tertiary/aromatic N) is 3. The number of benzene rings is 3. The molecule has 0 saturated heterocycles. The second kappa shape index (κ2) is 9.72. The van der Waals surface area contributed by atoms with Crippen molar-refractivity contribution in [3.63, 3.8) is 0 Å². The molecule has 0 radical (unpaired) electrons. The highest BCUT2D eigenvalue weighted by atomic mass is 35.5. The zero-order chi connectivity index (χ0) is 24.5. The zero-order valence-corrected chi connectivity index (χ0v) is 21.7. The van der Waals surface area contributed by atoms with Crippen LogP contribution >= 0.6 is 22.9 Å². The topological polar surface area (TPSA) is 47.0 Å². The molecule has 0 saturated carbocycles. The Morgan fingerprint density at radius 2 is 1.71 bits per heavy atom. The number of aryl methyl sites for hydroxylation is 2. The Labute approximate surface area is 214 Å². The molecule has 0 spiro atoms. The number of hydrogen-bond donors (Lipinski definition) is 0. The van der Waals surface area contributed by atoms with E-state index in [1.54, 1.807) is 25.6 Å². The maximum atomic E-state index is 6.13. The molecule has 0 bridgehead atoms.